The zero-order chi connectivity index (χ0) is 16.0. The monoisotopic (exact) mass is 292 g/mol. The molecule has 0 radical (unpaired) electrons. The van der Waals surface area contributed by atoms with Gasteiger partial charge in [0.2, 0.25) is 0 Å². The molecule has 2 amide bonds. The van der Waals surface area contributed by atoms with Gasteiger partial charge in [-0.05, 0) is 43.9 Å². The fraction of sp³-hybridized carbons (Fsp3) is 0.500. The number of hydrogen-bond donors (Lipinski definition) is 3. The number of benzene rings is 1. The van der Waals surface area contributed by atoms with Crippen LogP contribution < -0.4 is 10.6 Å². The number of urea groups is 1. The van der Waals surface area contributed by atoms with Crippen LogP contribution in [0.4, 0.5) is 4.79 Å². The Bertz CT molecular complexity index is 503. The quantitative estimate of drug-likeness (QED) is 0.754. The summed E-state index contributed by atoms with van der Waals surface area (Å²) in [4.78, 5) is 22.8. The van der Waals surface area contributed by atoms with Crippen molar-refractivity contribution in [3.8, 4) is 0 Å². The number of aryl methyl sites for hydroxylation is 3. The molecule has 0 fully saturated rings. The highest BCUT2D eigenvalue weighted by atomic mass is 16.4. The SMILES string of the molecule is CCCC(NC(=O)NCc1c(C)cc(C)cc1C)C(=O)O. The molecule has 0 aliphatic heterocycles. The average molecular weight is 292 g/mol. The molecule has 0 aromatic heterocycles. The average Bonchev–Trinajstić information content (AvgIpc) is 2.36. The van der Waals surface area contributed by atoms with E-state index in [1.165, 1.54) is 5.56 Å². The lowest BCUT2D eigenvalue weighted by atomic mass is 10.00. The highest BCUT2D eigenvalue weighted by molar-refractivity contribution is 5.82. The topological polar surface area (TPSA) is 78.4 Å². The van der Waals surface area contributed by atoms with Gasteiger partial charge in [-0.25, -0.2) is 9.59 Å². The van der Waals surface area contributed by atoms with Gasteiger partial charge in [0.1, 0.15) is 6.04 Å². The fourth-order valence-corrected chi connectivity index (χ4v) is 2.41. The summed E-state index contributed by atoms with van der Waals surface area (Å²) in [6.07, 6.45) is 1.12. The number of carboxylic acid groups (broad SMARTS) is 1. The molecule has 0 heterocycles. The molecule has 1 unspecified atom stereocenters. The minimum Gasteiger partial charge on any atom is -0.480 e. The van der Waals surface area contributed by atoms with Gasteiger partial charge in [-0.15, -0.1) is 0 Å². The number of carbonyl (C=O) groups is 2. The van der Waals surface area contributed by atoms with Crippen molar-refractivity contribution in [2.45, 2.75) is 53.1 Å². The van der Waals surface area contributed by atoms with Gasteiger partial charge in [-0.1, -0.05) is 31.0 Å². The van der Waals surface area contributed by atoms with Crippen molar-refractivity contribution in [2.24, 2.45) is 0 Å². The summed E-state index contributed by atoms with van der Waals surface area (Å²) in [5.74, 6) is -1.00. The number of nitrogens with one attached hydrogen (secondary N) is 2. The van der Waals surface area contributed by atoms with E-state index in [9.17, 15) is 9.59 Å². The molecule has 0 aliphatic rings. The third-order valence-electron chi connectivity index (χ3n) is 3.45. The van der Waals surface area contributed by atoms with Gasteiger partial charge < -0.3 is 15.7 Å². The Kier molecular flexibility index (Phi) is 6.21. The summed E-state index contributed by atoms with van der Waals surface area (Å²) in [5.41, 5.74) is 4.50. The van der Waals surface area contributed by atoms with Crippen LogP contribution in [0.25, 0.3) is 0 Å². The third-order valence-corrected chi connectivity index (χ3v) is 3.45. The number of amides is 2. The zero-order valence-corrected chi connectivity index (χ0v) is 13.1. The van der Waals surface area contributed by atoms with Crippen LogP contribution in [-0.4, -0.2) is 23.1 Å². The molecule has 0 saturated carbocycles. The van der Waals surface area contributed by atoms with Crippen LogP contribution in [0, 0.1) is 20.8 Å². The second-order valence-corrected chi connectivity index (χ2v) is 5.38. The lowest BCUT2D eigenvalue weighted by molar-refractivity contribution is -0.139. The van der Waals surface area contributed by atoms with Crippen LogP contribution in [0.2, 0.25) is 0 Å². The lowest BCUT2D eigenvalue weighted by Gasteiger charge is -2.16. The van der Waals surface area contributed by atoms with Crippen LogP contribution in [0.15, 0.2) is 12.1 Å². The number of carbonyl (C=O) groups excluding carboxylic acids is 1. The Balaban J connectivity index is 2.63. The van der Waals surface area contributed by atoms with Gasteiger partial charge in [0, 0.05) is 6.54 Å². The Morgan fingerprint density at radius 1 is 1.19 bits per heavy atom. The molecule has 1 aromatic carbocycles. The summed E-state index contributed by atoms with van der Waals surface area (Å²) >= 11 is 0. The molecule has 1 aromatic rings. The van der Waals surface area contributed by atoms with Crippen molar-refractivity contribution < 1.29 is 14.7 Å². The smallest absolute Gasteiger partial charge is 0.326 e. The highest BCUT2D eigenvalue weighted by Gasteiger charge is 2.18. The second kappa shape index (κ2) is 7.67. The molecule has 3 N–H and O–H groups in total. The molecule has 5 heteroatoms. The summed E-state index contributed by atoms with van der Waals surface area (Å²) in [6, 6.07) is 2.85. The lowest BCUT2D eigenvalue weighted by Crippen LogP contribution is -2.45. The van der Waals surface area contributed by atoms with Gasteiger partial charge in [0.25, 0.3) is 0 Å². The van der Waals surface area contributed by atoms with Crippen molar-refractivity contribution in [2.75, 3.05) is 0 Å². The maximum absolute atomic E-state index is 11.8. The number of aliphatic carboxylic acids is 1. The van der Waals surface area contributed by atoms with E-state index in [4.69, 9.17) is 5.11 Å². The molecule has 21 heavy (non-hydrogen) atoms. The van der Waals surface area contributed by atoms with Crippen LogP contribution in [0.5, 0.6) is 0 Å². The van der Waals surface area contributed by atoms with Crippen molar-refractivity contribution in [1.29, 1.82) is 0 Å². The maximum atomic E-state index is 11.8. The third kappa shape index (κ3) is 5.10. The van der Waals surface area contributed by atoms with E-state index in [2.05, 4.69) is 22.8 Å². The maximum Gasteiger partial charge on any atom is 0.326 e. The van der Waals surface area contributed by atoms with E-state index in [1.807, 2.05) is 27.7 Å². The van der Waals surface area contributed by atoms with Crippen molar-refractivity contribution in [3.05, 3.63) is 34.4 Å². The Morgan fingerprint density at radius 2 is 1.76 bits per heavy atom. The summed E-state index contributed by atoms with van der Waals surface area (Å²) in [7, 11) is 0. The van der Waals surface area contributed by atoms with Gasteiger partial charge in [-0.2, -0.15) is 0 Å². The fourth-order valence-electron chi connectivity index (χ4n) is 2.41. The first-order valence-electron chi connectivity index (χ1n) is 7.19. The number of rotatable bonds is 6. The Labute approximate surface area is 125 Å². The van der Waals surface area contributed by atoms with Crippen molar-refractivity contribution in [1.82, 2.24) is 10.6 Å². The molecule has 5 nitrogen and oxygen atoms in total. The largest absolute Gasteiger partial charge is 0.480 e. The van der Waals surface area contributed by atoms with E-state index in [1.54, 1.807) is 0 Å². The van der Waals surface area contributed by atoms with E-state index in [-0.39, 0.29) is 0 Å². The van der Waals surface area contributed by atoms with E-state index < -0.39 is 18.0 Å². The van der Waals surface area contributed by atoms with E-state index in [0.29, 0.717) is 19.4 Å². The normalized spacial score (nSPS) is 11.8. The van der Waals surface area contributed by atoms with Crippen LogP contribution in [-0.2, 0) is 11.3 Å². The van der Waals surface area contributed by atoms with E-state index >= 15 is 0 Å². The molecule has 1 rings (SSSR count). The molecule has 1 atom stereocenters. The summed E-state index contributed by atoms with van der Waals surface area (Å²) in [5, 5.41) is 14.2. The van der Waals surface area contributed by atoms with Gasteiger partial charge in [0.05, 0.1) is 0 Å². The van der Waals surface area contributed by atoms with Crippen molar-refractivity contribution in [3.63, 3.8) is 0 Å². The minimum atomic E-state index is -1.00. The van der Waals surface area contributed by atoms with Crippen LogP contribution in [0.3, 0.4) is 0 Å². The van der Waals surface area contributed by atoms with Gasteiger partial charge in [0.15, 0.2) is 0 Å². The summed E-state index contributed by atoms with van der Waals surface area (Å²) < 4.78 is 0. The van der Waals surface area contributed by atoms with Gasteiger partial charge >= 0.3 is 12.0 Å². The predicted octanol–water partition coefficient (Wildman–Crippen LogP) is 2.66. The number of hydrogen-bond acceptors (Lipinski definition) is 2. The van der Waals surface area contributed by atoms with Crippen molar-refractivity contribution >= 4 is 12.0 Å². The first-order chi connectivity index (χ1) is 9.85. The molecular weight excluding hydrogens is 268 g/mol. The molecular formula is C16H24N2O3. The molecule has 116 valence electrons. The molecule has 0 spiro atoms. The highest BCUT2D eigenvalue weighted by Crippen LogP contribution is 2.15. The zero-order valence-electron chi connectivity index (χ0n) is 13.1. The molecule has 0 bridgehead atoms. The van der Waals surface area contributed by atoms with Gasteiger partial charge in [-0.3, -0.25) is 0 Å². The van der Waals surface area contributed by atoms with Crippen LogP contribution in [0.1, 0.15) is 42.0 Å². The minimum absolute atomic E-state index is 0.391. The standard InChI is InChI=1S/C16H24N2O3/c1-5-6-14(15(19)20)18-16(21)17-9-13-11(3)7-10(2)8-12(13)4/h7-8,14H,5-6,9H2,1-4H3,(H,19,20)(H2,17,18,21). The second-order valence-electron chi connectivity index (χ2n) is 5.38. The predicted molar refractivity (Wildman–Crippen MR) is 82.4 cm³/mol. The summed E-state index contributed by atoms with van der Waals surface area (Å²) in [6.45, 7) is 8.32. The van der Waals surface area contributed by atoms with E-state index in [0.717, 1.165) is 16.7 Å². The Morgan fingerprint density at radius 3 is 2.24 bits per heavy atom. The van der Waals surface area contributed by atoms with Crippen LogP contribution >= 0.6 is 0 Å². The number of carboxylic acids is 1. The Hall–Kier alpha value is -2.04. The first-order valence-corrected chi connectivity index (χ1v) is 7.19. The first kappa shape index (κ1) is 17.0. The molecule has 0 saturated heterocycles. The molecule has 0 aliphatic carbocycles.